The minimum absolute atomic E-state index is 0.195. The van der Waals surface area contributed by atoms with Crippen LogP contribution in [0.25, 0.3) is 10.9 Å². The molecule has 4 aromatic rings. The minimum atomic E-state index is -0.217. The molecule has 2 nitrogen and oxygen atoms in total. The first-order valence-corrected chi connectivity index (χ1v) is 11.2. The number of aromatic nitrogens is 2. The maximum absolute atomic E-state index is 14.2. The molecule has 0 aliphatic heterocycles. The van der Waals surface area contributed by atoms with E-state index in [4.69, 9.17) is 0 Å². The van der Waals surface area contributed by atoms with E-state index in [1.54, 1.807) is 18.3 Å². The van der Waals surface area contributed by atoms with E-state index >= 15 is 0 Å². The smallest absolute Gasteiger partial charge is 0.125 e. The van der Waals surface area contributed by atoms with Crippen molar-refractivity contribution in [3.8, 4) is 0 Å². The highest BCUT2D eigenvalue weighted by molar-refractivity contribution is 5.86. The van der Waals surface area contributed by atoms with Crippen LogP contribution in [-0.2, 0) is 12.0 Å². The second-order valence-electron chi connectivity index (χ2n) is 8.38. The molecule has 31 heavy (non-hydrogen) atoms. The Morgan fingerprint density at radius 1 is 1.00 bits per heavy atom. The van der Waals surface area contributed by atoms with Crippen LogP contribution in [0.3, 0.4) is 0 Å². The largest absolute Gasteiger partial charge is 0.341 e. The standard InChI is InChI=1S/C26H27FN2.C2H6/c1-18(2)26(4,20-10-8-19(3)9-11-20)24-17-29(16-22-7-5-6-14-28-22)25-15-21(27)12-13-23(24)25;1-2/h5-15,17-18H,16H2,1-4H3;1-2H3. The van der Waals surface area contributed by atoms with E-state index in [1.807, 2.05) is 38.1 Å². The van der Waals surface area contributed by atoms with Crippen molar-refractivity contribution in [1.82, 2.24) is 9.55 Å². The number of halogens is 1. The van der Waals surface area contributed by atoms with E-state index in [9.17, 15) is 4.39 Å². The lowest BCUT2D eigenvalue weighted by atomic mass is 9.68. The van der Waals surface area contributed by atoms with E-state index in [2.05, 4.69) is 67.7 Å². The van der Waals surface area contributed by atoms with E-state index in [0.717, 1.165) is 16.6 Å². The Hall–Kier alpha value is -2.94. The number of aryl methyl sites for hydroxylation is 1. The van der Waals surface area contributed by atoms with Crippen molar-refractivity contribution in [3.63, 3.8) is 0 Å². The summed E-state index contributed by atoms with van der Waals surface area (Å²) in [5.74, 6) is 0.148. The van der Waals surface area contributed by atoms with Crippen molar-refractivity contribution in [3.05, 3.63) is 101 Å². The molecule has 0 aliphatic carbocycles. The summed E-state index contributed by atoms with van der Waals surface area (Å²) in [4.78, 5) is 4.46. The summed E-state index contributed by atoms with van der Waals surface area (Å²) in [5.41, 5.74) is 5.42. The van der Waals surface area contributed by atoms with Gasteiger partial charge in [-0.3, -0.25) is 4.98 Å². The minimum Gasteiger partial charge on any atom is -0.341 e. The van der Waals surface area contributed by atoms with Crippen LogP contribution in [0.4, 0.5) is 4.39 Å². The Bertz CT molecular complexity index is 1130. The Kier molecular flexibility index (Phi) is 6.94. The Morgan fingerprint density at radius 3 is 2.32 bits per heavy atom. The predicted octanol–water partition coefficient (Wildman–Crippen LogP) is 7.52. The fourth-order valence-electron chi connectivity index (χ4n) is 4.18. The number of hydrogen-bond acceptors (Lipinski definition) is 1. The van der Waals surface area contributed by atoms with Gasteiger partial charge in [0, 0.05) is 23.2 Å². The molecular weight excluding hydrogens is 383 g/mol. The molecule has 0 spiro atoms. The van der Waals surface area contributed by atoms with E-state index < -0.39 is 0 Å². The van der Waals surface area contributed by atoms with Gasteiger partial charge in [-0.1, -0.05) is 70.5 Å². The highest BCUT2D eigenvalue weighted by Crippen LogP contribution is 2.43. The van der Waals surface area contributed by atoms with Crippen LogP contribution in [0.2, 0.25) is 0 Å². The molecule has 3 heteroatoms. The van der Waals surface area contributed by atoms with Gasteiger partial charge < -0.3 is 4.57 Å². The number of nitrogens with zero attached hydrogens (tertiary/aromatic N) is 2. The average molecular weight is 417 g/mol. The number of hydrogen-bond donors (Lipinski definition) is 0. The van der Waals surface area contributed by atoms with Crippen molar-refractivity contribution < 1.29 is 4.39 Å². The van der Waals surface area contributed by atoms with Crippen LogP contribution in [0.5, 0.6) is 0 Å². The van der Waals surface area contributed by atoms with Crippen LogP contribution < -0.4 is 0 Å². The van der Waals surface area contributed by atoms with Gasteiger partial charge in [0.05, 0.1) is 17.8 Å². The zero-order chi connectivity index (χ0) is 22.6. The van der Waals surface area contributed by atoms with Gasteiger partial charge in [0.25, 0.3) is 0 Å². The van der Waals surface area contributed by atoms with Gasteiger partial charge in [0.15, 0.2) is 0 Å². The zero-order valence-corrected chi connectivity index (χ0v) is 19.5. The second-order valence-corrected chi connectivity index (χ2v) is 8.38. The highest BCUT2D eigenvalue weighted by atomic mass is 19.1. The summed E-state index contributed by atoms with van der Waals surface area (Å²) in [5, 5.41) is 1.10. The zero-order valence-electron chi connectivity index (χ0n) is 19.5. The molecule has 162 valence electrons. The quantitative estimate of drug-likeness (QED) is 0.329. The third-order valence-corrected chi connectivity index (χ3v) is 6.27. The molecule has 4 rings (SSSR count). The maximum Gasteiger partial charge on any atom is 0.125 e. The van der Waals surface area contributed by atoms with Crippen molar-refractivity contribution in [2.45, 2.75) is 53.5 Å². The van der Waals surface area contributed by atoms with Crippen LogP contribution in [0.1, 0.15) is 57.0 Å². The lowest BCUT2D eigenvalue weighted by Gasteiger charge is -2.35. The Labute approximate surface area is 185 Å². The van der Waals surface area contributed by atoms with E-state index in [1.165, 1.54) is 16.7 Å². The lowest BCUT2D eigenvalue weighted by molar-refractivity contribution is 0.407. The number of pyridine rings is 1. The summed E-state index contributed by atoms with van der Waals surface area (Å²) in [6.07, 6.45) is 3.99. The van der Waals surface area contributed by atoms with Gasteiger partial charge in [-0.05, 0) is 54.3 Å². The van der Waals surface area contributed by atoms with Crippen molar-refractivity contribution in [2.24, 2.45) is 5.92 Å². The lowest BCUT2D eigenvalue weighted by Crippen LogP contribution is -2.30. The van der Waals surface area contributed by atoms with E-state index in [0.29, 0.717) is 12.5 Å². The van der Waals surface area contributed by atoms with Crippen molar-refractivity contribution in [1.29, 1.82) is 0 Å². The van der Waals surface area contributed by atoms with Crippen LogP contribution in [0, 0.1) is 18.7 Å². The molecule has 1 unspecified atom stereocenters. The average Bonchev–Trinajstić information content (AvgIpc) is 3.13. The SMILES string of the molecule is CC.Cc1ccc(C(C)(c2cn(Cc3ccccn3)c3cc(F)ccc23)C(C)C)cc1. The molecular formula is C28H33FN2. The highest BCUT2D eigenvalue weighted by Gasteiger charge is 2.35. The topological polar surface area (TPSA) is 17.8 Å². The first-order valence-electron chi connectivity index (χ1n) is 11.2. The van der Waals surface area contributed by atoms with Gasteiger partial charge in [0.2, 0.25) is 0 Å². The van der Waals surface area contributed by atoms with Gasteiger partial charge in [0.1, 0.15) is 5.82 Å². The van der Waals surface area contributed by atoms with Crippen molar-refractivity contribution >= 4 is 10.9 Å². The molecule has 0 saturated carbocycles. The molecule has 0 bridgehead atoms. The Balaban J connectivity index is 0.00000132. The first kappa shape index (κ1) is 22.7. The van der Waals surface area contributed by atoms with Gasteiger partial charge in [-0.2, -0.15) is 0 Å². The number of benzene rings is 2. The molecule has 0 N–H and O–H groups in total. The summed E-state index contributed by atoms with van der Waals surface area (Å²) in [6, 6.07) is 19.8. The molecule has 0 aliphatic rings. The molecule has 0 amide bonds. The third kappa shape index (κ3) is 4.41. The molecule has 2 aromatic heterocycles. The third-order valence-electron chi connectivity index (χ3n) is 6.27. The fourth-order valence-corrected chi connectivity index (χ4v) is 4.18. The fraction of sp³-hybridized carbons (Fsp3) is 0.321. The molecule has 1 atom stereocenters. The molecule has 0 fully saturated rings. The second kappa shape index (κ2) is 9.47. The molecule has 2 aromatic carbocycles. The number of rotatable bonds is 5. The predicted molar refractivity (Wildman–Crippen MR) is 129 cm³/mol. The summed E-state index contributed by atoms with van der Waals surface area (Å²) in [6.45, 7) is 13.5. The summed E-state index contributed by atoms with van der Waals surface area (Å²) >= 11 is 0. The summed E-state index contributed by atoms with van der Waals surface area (Å²) < 4.78 is 16.3. The molecule has 2 heterocycles. The van der Waals surface area contributed by atoms with Crippen molar-refractivity contribution in [2.75, 3.05) is 0 Å². The first-order chi connectivity index (χ1) is 14.9. The maximum atomic E-state index is 14.2. The van der Waals surface area contributed by atoms with Crippen LogP contribution in [-0.4, -0.2) is 9.55 Å². The summed E-state index contributed by atoms with van der Waals surface area (Å²) in [7, 11) is 0. The van der Waals surface area contributed by atoms with E-state index in [-0.39, 0.29) is 11.2 Å². The van der Waals surface area contributed by atoms with Gasteiger partial charge >= 0.3 is 0 Å². The van der Waals surface area contributed by atoms with Gasteiger partial charge in [-0.15, -0.1) is 0 Å². The van der Waals surface area contributed by atoms with Crippen LogP contribution in [0.15, 0.2) is 73.1 Å². The molecule has 0 radical (unpaired) electrons. The Morgan fingerprint density at radius 2 is 1.71 bits per heavy atom. The monoisotopic (exact) mass is 416 g/mol. The van der Waals surface area contributed by atoms with Crippen LogP contribution >= 0.6 is 0 Å². The molecule has 0 saturated heterocycles. The number of fused-ring (bicyclic) bond motifs is 1. The van der Waals surface area contributed by atoms with Gasteiger partial charge in [-0.25, -0.2) is 4.39 Å². The normalized spacial score (nSPS) is 13.0.